The van der Waals surface area contributed by atoms with Gasteiger partial charge in [0.2, 0.25) is 5.41 Å². The number of benzene rings is 4. The molecule has 6 rings (SSSR count). The number of nitrogens with zero attached hydrogens (tertiary/aromatic N) is 2. The number of halogens is 6. The Balaban J connectivity index is 1.48. The zero-order valence-corrected chi connectivity index (χ0v) is 30.4. The zero-order valence-electron chi connectivity index (χ0n) is 30.4. The van der Waals surface area contributed by atoms with Crippen LogP contribution in [0, 0.1) is 6.92 Å². The summed E-state index contributed by atoms with van der Waals surface area (Å²) in [5, 5.41) is 0. The Hall–Kier alpha value is -6.32. The van der Waals surface area contributed by atoms with Gasteiger partial charge in [-0.3, -0.25) is 33.7 Å². The molecule has 0 aliphatic carbocycles. The van der Waals surface area contributed by atoms with Crippen molar-refractivity contribution in [2.45, 2.75) is 64.8 Å². The highest BCUT2D eigenvalue weighted by atomic mass is 19.4. The topological polar surface area (TPSA) is 127 Å². The third-order valence-electron chi connectivity index (χ3n) is 9.39. The number of fused-ring (bicyclic) bond motifs is 2. The fourth-order valence-electron chi connectivity index (χ4n) is 6.92. The molecule has 290 valence electrons. The largest absolute Gasteiger partial charge is 0.426 e. The Morgan fingerprint density at radius 3 is 1.48 bits per heavy atom. The molecule has 2 heterocycles. The second-order valence-electron chi connectivity index (χ2n) is 14.2. The van der Waals surface area contributed by atoms with Crippen LogP contribution in [-0.4, -0.2) is 58.4 Å². The maximum absolute atomic E-state index is 15.2. The molecule has 0 unspecified atom stereocenters. The molecule has 4 aromatic carbocycles. The molecule has 4 amide bonds. The lowest BCUT2D eigenvalue weighted by Crippen LogP contribution is -2.55. The number of rotatable bonds is 6. The molecule has 0 N–H and O–H groups in total. The minimum absolute atomic E-state index is 0.213. The van der Waals surface area contributed by atoms with E-state index in [0.717, 1.165) is 17.9 Å². The van der Waals surface area contributed by atoms with E-state index in [9.17, 15) is 28.8 Å². The number of hydrogen-bond acceptors (Lipinski definition) is 8. The van der Waals surface area contributed by atoms with Gasteiger partial charge in [0.05, 0.1) is 27.9 Å². The highest BCUT2D eigenvalue weighted by Crippen LogP contribution is 2.57. The van der Waals surface area contributed by atoms with Crippen molar-refractivity contribution in [3.05, 3.63) is 112 Å². The zero-order chi connectivity index (χ0) is 41.4. The van der Waals surface area contributed by atoms with Gasteiger partial charge in [-0.2, -0.15) is 26.3 Å². The van der Waals surface area contributed by atoms with Crippen LogP contribution in [0.5, 0.6) is 11.5 Å². The highest BCUT2D eigenvalue weighted by molar-refractivity contribution is 6.35. The average Bonchev–Trinajstić information content (AvgIpc) is 3.47. The van der Waals surface area contributed by atoms with E-state index in [2.05, 4.69) is 0 Å². The Bertz CT molecular complexity index is 2400. The van der Waals surface area contributed by atoms with E-state index < -0.39 is 86.7 Å². The summed E-state index contributed by atoms with van der Waals surface area (Å²) in [6.45, 7) is 8.31. The summed E-state index contributed by atoms with van der Waals surface area (Å²) in [7, 11) is 0. The van der Waals surface area contributed by atoms with Crippen molar-refractivity contribution in [2.24, 2.45) is 0 Å². The number of aryl methyl sites for hydroxylation is 1. The molecular formula is C40H30F6N2O8. The molecule has 16 heteroatoms. The summed E-state index contributed by atoms with van der Waals surface area (Å²) in [6.07, 6.45) is -12.3. The first-order chi connectivity index (χ1) is 25.9. The predicted molar refractivity (Wildman–Crippen MR) is 186 cm³/mol. The van der Waals surface area contributed by atoms with Gasteiger partial charge in [0.25, 0.3) is 23.6 Å². The lowest BCUT2D eigenvalue weighted by molar-refractivity contribution is -0.288. The van der Waals surface area contributed by atoms with Gasteiger partial charge < -0.3 is 9.47 Å². The minimum Gasteiger partial charge on any atom is -0.426 e. The number of ether oxygens (including phenoxy) is 2. The maximum atomic E-state index is 15.2. The minimum atomic E-state index is -6.15. The van der Waals surface area contributed by atoms with Crippen LogP contribution in [0.25, 0.3) is 11.1 Å². The molecule has 0 saturated heterocycles. The summed E-state index contributed by atoms with van der Waals surface area (Å²) in [5.74, 6) is -6.10. The SMILES string of the molecule is CC(=O)Oc1cc(-c2ccc(N3C(=O)c4ccc(C(c5ccc6c(c5)C(=O)N(C(C)(C)C)C6=O)(C(F)(F)F)C(F)(F)F)cc4C3=O)c(OC(C)=O)c2)ccc1C. The number of esters is 2. The molecule has 2 aliphatic heterocycles. The van der Waals surface area contributed by atoms with Crippen molar-refractivity contribution in [3.63, 3.8) is 0 Å². The molecule has 0 spiro atoms. The van der Waals surface area contributed by atoms with Crippen molar-refractivity contribution in [1.82, 2.24) is 4.90 Å². The number of alkyl halides is 6. The number of hydrogen-bond donors (Lipinski definition) is 0. The number of carbonyl (C=O) groups is 6. The summed E-state index contributed by atoms with van der Waals surface area (Å²) in [4.78, 5) is 78.8. The van der Waals surface area contributed by atoms with E-state index in [1.54, 1.807) is 19.1 Å². The Labute approximate surface area is 314 Å². The molecule has 0 saturated carbocycles. The van der Waals surface area contributed by atoms with Crippen molar-refractivity contribution in [2.75, 3.05) is 4.90 Å². The van der Waals surface area contributed by atoms with Crippen LogP contribution in [0.4, 0.5) is 32.0 Å². The molecule has 4 aromatic rings. The quantitative estimate of drug-likeness (QED) is 0.0832. The molecule has 10 nitrogen and oxygen atoms in total. The first kappa shape index (κ1) is 39.4. The van der Waals surface area contributed by atoms with E-state index in [0.29, 0.717) is 51.9 Å². The van der Waals surface area contributed by atoms with Crippen LogP contribution in [0.15, 0.2) is 72.8 Å². The summed E-state index contributed by atoms with van der Waals surface area (Å²) >= 11 is 0. The first-order valence-corrected chi connectivity index (χ1v) is 16.7. The Kier molecular flexibility index (Phi) is 9.26. The fourth-order valence-corrected chi connectivity index (χ4v) is 6.92. The molecule has 0 fully saturated rings. The lowest BCUT2D eigenvalue weighted by atomic mass is 9.71. The number of amides is 4. The third-order valence-corrected chi connectivity index (χ3v) is 9.39. The predicted octanol–water partition coefficient (Wildman–Crippen LogP) is 8.12. The van der Waals surface area contributed by atoms with E-state index >= 15 is 26.3 Å². The van der Waals surface area contributed by atoms with Crippen molar-refractivity contribution >= 4 is 41.3 Å². The van der Waals surface area contributed by atoms with E-state index in [1.165, 1.54) is 52.0 Å². The second-order valence-corrected chi connectivity index (χ2v) is 14.2. The summed E-state index contributed by atoms with van der Waals surface area (Å²) in [6, 6.07) is 11.6. The fraction of sp³-hybridized carbons (Fsp3) is 0.250. The lowest BCUT2D eigenvalue weighted by Gasteiger charge is -2.38. The molecule has 0 bridgehead atoms. The van der Waals surface area contributed by atoms with Crippen LogP contribution in [-0.2, 0) is 15.0 Å². The van der Waals surface area contributed by atoms with E-state index in [1.807, 2.05) is 0 Å². The smallest absolute Gasteiger partial charge is 0.411 e. The van der Waals surface area contributed by atoms with E-state index in [-0.39, 0.29) is 22.7 Å². The number of carbonyl (C=O) groups excluding carboxylic acids is 6. The van der Waals surface area contributed by atoms with Crippen LogP contribution in [0.1, 0.15) is 92.7 Å². The van der Waals surface area contributed by atoms with E-state index in [4.69, 9.17) is 9.47 Å². The maximum Gasteiger partial charge on any atom is 0.411 e. The summed E-state index contributed by atoms with van der Waals surface area (Å²) < 4.78 is 102. The second kappa shape index (κ2) is 13.2. The molecule has 0 atom stereocenters. The van der Waals surface area contributed by atoms with Crippen molar-refractivity contribution in [1.29, 1.82) is 0 Å². The third kappa shape index (κ3) is 6.18. The first-order valence-electron chi connectivity index (χ1n) is 16.7. The van der Waals surface area contributed by atoms with Gasteiger partial charge in [-0.15, -0.1) is 0 Å². The molecule has 0 aromatic heterocycles. The van der Waals surface area contributed by atoms with Crippen LogP contribution in [0.2, 0.25) is 0 Å². The molecule has 2 aliphatic rings. The van der Waals surface area contributed by atoms with Gasteiger partial charge in [-0.25, -0.2) is 4.90 Å². The van der Waals surface area contributed by atoms with Crippen molar-refractivity contribution in [3.8, 4) is 22.6 Å². The van der Waals surface area contributed by atoms with Crippen molar-refractivity contribution < 1.29 is 64.6 Å². The van der Waals surface area contributed by atoms with Gasteiger partial charge in [0, 0.05) is 19.4 Å². The van der Waals surface area contributed by atoms with Crippen LogP contribution >= 0.6 is 0 Å². The molecule has 0 radical (unpaired) electrons. The normalized spacial score (nSPS) is 14.6. The standard InChI is InChI=1S/C40H30F6N2O8/c1-19-7-8-22(15-31(19)55-20(2)49)23-9-14-30(32(16-23)56-21(3)50)47-33(51)26-12-10-24(17-28(26)34(47)52)38(39(41,42)43,40(44,45)46)25-11-13-27-29(18-25)36(54)48(35(27)53)37(4,5)6/h7-18H,1-6H3. The van der Waals surface area contributed by atoms with Gasteiger partial charge in [0.1, 0.15) is 5.75 Å². The average molecular weight is 781 g/mol. The Morgan fingerprint density at radius 1 is 0.554 bits per heavy atom. The van der Waals surface area contributed by atoms with Gasteiger partial charge in [-0.05, 0) is 98.0 Å². The molecular weight excluding hydrogens is 750 g/mol. The molecule has 56 heavy (non-hydrogen) atoms. The number of imide groups is 2. The van der Waals surface area contributed by atoms with Gasteiger partial charge in [0.15, 0.2) is 5.75 Å². The van der Waals surface area contributed by atoms with Crippen LogP contribution in [0.3, 0.4) is 0 Å². The highest BCUT2D eigenvalue weighted by Gasteiger charge is 2.73. The number of anilines is 1. The van der Waals surface area contributed by atoms with Crippen LogP contribution < -0.4 is 14.4 Å². The Morgan fingerprint density at radius 2 is 0.982 bits per heavy atom. The van der Waals surface area contributed by atoms with Gasteiger partial charge >= 0.3 is 24.3 Å². The monoisotopic (exact) mass is 780 g/mol. The van der Waals surface area contributed by atoms with Gasteiger partial charge in [-0.1, -0.05) is 30.3 Å². The summed E-state index contributed by atoms with van der Waals surface area (Å²) in [5.41, 5.74) is -10.4.